The first-order valence-electron chi connectivity index (χ1n) is 7.39. The van der Waals surface area contributed by atoms with Gasteiger partial charge in [0.25, 0.3) is 0 Å². The molecule has 1 fully saturated rings. The van der Waals surface area contributed by atoms with E-state index in [1.165, 1.54) is 0 Å². The molecule has 4 nitrogen and oxygen atoms in total. The molecule has 4 heteroatoms. The van der Waals surface area contributed by atoms with Crippen molar-refractivity contribution in [2.24, 2.45) is 0 Å². The monoisotopic (exact) mass is 277 g/mol. The topological polar surface area (TPSA) is 58.6 Å². The van der Waals surface area contributed by atoms with Crippen LogP contribution in [0.15, 0.2) is 24.3 Å². The fourth-order valence-electron chi connectivity index (χ4n) is 2.47. The predicted octanol–water partition coefficient (Wildman–Crippen LogP) is 2.51. The highest BCUT2D eigenvalue weighted by Gasteiger charge is 2.17. The normalized spacial score (nSPS) is 18.8. The van der Waals surface area contributed by atoms with Gasteiger partial charge >= 0.3 is 0 Å². The zero-order valence-electron chi connectivity index (χ0n) is 11.8. The number of carbonyl (C=O) groups is 1. The van der Waals surface area contributed by atoms with Crippen molar-refractivity contribution in [2.45, 2.75) is 44.6 Å². The van der Waals surface area contributed by atoms with Gasteiger partial charge in [0.15, 0.2) is 0 Å². The number of aliphatic hydroxyl groups excluding tert-OH is 1. The smallest absolute Gasteiger partial charge is 0.226 e. The maximum atomic E-state index is 12.0. The Balaban J connectivity index is 1.83. The third-order valence-electron chi connectivity index (χ3n) is 3.52. The molecule has 1 aromatic carbocycles. The fourth-order valence-corrected chi connectivity index (χ4v) is 2.47. The van der Waals surface area contributed by atoms with Crippen LogP contribution in [0.25, 0.3) is 0 Å². The van der Waals surface area contributed by atoms with Gasteiger partial charge in [0, 0.05) is 18.9 Å². The van der Waals surface area contributed by atoms with Crippen molar-refractivity contribution < 1.29 is 14.6 Å². The molecule has 0 aromatic heterocycles. The summed E-state index contributed by atoms with van der Waals surface area (Å²) in [6.07, 6.45) is 5.30. The molecule has 1 aromatic rings. The number of aliphatic hydroxyl groups is 1. The second-order valence-electron chi connectivity index (χ2n) is 5.27. The van der Waals surface area contributed by atoms with Gasteiger partial charge in [-0.15, -0.1) is 0 Å². The lowest BCUT2D eigenvalue weighted by Crippen LogP contribution is -2.25. The van der Waals surface area contributed by atoms with E-state index in [0.717, 1.165) is 50.0 Å². The Morgan fingerprint density at radius 3 is 3.05 bits per heavy atom. The van der Waals surface area contributed by atoms with Crippen molar-refractivity contribution in [1.29, 1.82) is 0 Å². The lowest BCUT2D eigenvalue weighted by molar-refractivity contribution is -0.119. The van der Waals surface area contributed by atoms with Crippen LogP contribution in [0, 0.1) is 0 Å². The van der Waals surface area contributed by atoms with Gasteiger partial charge in [-0.25, -0.2) is 0 Å². The maximum Gasteiger partial charge on any atom is 0.226 e. The second-order valence-corrected chi connectivity index (χ2v) is 5.27. The number of anilines is 1. The summed E-state index contributed by atoms with van der Waals surface area (Å²) in [5, 5.41) is 11.8. The van der Waals surface area contributed by atoms with E-state index in [1.54, 1.807) is 0 Å². The summed E-state index contributed by atoms with van der Waals surface area (Å²) < 4.78 is 5.57. The summed E-state index contributed by atoms with van der Waals surface area (Å²) in [6, 6.07) is 7.80. The van der Waals surface area contributed by atoms with Crippen LogP contribution >= 0.6 is 0 Å². The van der Waals surface area contributed by atoms with Crippen LogP contribution in [0.2, 0.25) is 0 Å². The first-order valence-corrected chi connectivity index (χ1v) is 7.39. The van der Waals surface area contributed by atoms with E-state index in [0.29, 0.717) is 6.42 Å². The predicted molar refractivity (Wildman–Crippen MR) is 78.7 cm³/mol. The zero-order valence-corrected chi connectivity index (χ0v) is 11.8. The van der Waals surface area contributed by atoms with Gasteiger partial charge in [0.1, 0.15) is 0 Å². The molecule has 1 heterocycles. The Morgan fingerprint density at radius 1 is 1.40 bits per heavy atom. The van der Waals surface area contributed by atoms with Crippen LogP contribution < -0.4 is 5.32 Å². The van der Waals surface area contributed by atoms with Crippen molar-refractivity contribution in [2.75, 3.05) is 18.5 Å². The molecule has 0 aliphatic carbocycles. The molecule has 0 bridgehead atoms. The van der Waals surface area contributed by atoms with Crippen molar-refractivity contribution in [1.82, 2.24) is 0 Å². The summed E-state index contributed by atoms with van der Waals surface area (Å²) >= 11 is 0. The van der Waals surface area contributed by atoms with E-state index in [4.69, 9.17) is 9.84 Å². The number of benzene rings is 1. The Kier molecular flexibility index (Phi) is 6.02. The molecule has 1 saturated heterocycles. The van der Waals surface area contributed by atoms with Gasteiger partial charge in [0.05, 0.1) is 12.5 Å². The molecule has 0 saturated carbocycles. The Morgan fingerprint density at radius 2 is 2.30 bits per heavy atom. The number of ether oxygens (including phenoxy) is 1. The van der Waals surface area contributed by atoms with Crippen LogP contribution in [0.3, 0.4) is 0 Å². The van der Waals surface area contributed by atoms with Crippen LogP contribution in [-0.4, -0.2) is 30.3 Å². The number of carbonyl (C=O) groups excluding carboxylic acids is 1. The highest BCUT2D eigenvalue weighted by molar-refractivity contribution is 5.91. The zero-order chi connectivity index (χ0) is 14.2. The maximum absolute atomic E-state index is 12.0. The molecular formula is C16H23NO3. The van der Waals surface area contributed by atoms with Crippen molar-refractivity contribution in [3.8, 4) is 0 Å². The summed E-state index contributed by atoms with van der Waals surface area (Å²) in [5.74, 6) is 0.0104. The van der Waals surface area contributed by atoms with Gasteiger partial charge in [-0.05, 0) is 49.8 Å². The Hall–Kier alpha value is -1.39. The first-order chi connectivity index (χ1) is 9.78. The van der Waals surface area contributed by atoms with Gasteiger partial charge in [-0.3, -0.25) is 4.79 Å². The summed E-state index contributed by atoms with van der Waals surface area (Å²) in [6.45, 7) is 0.962. The lowest BCUT2D eigenvalue weighted by atomic mass is 10.1. The number of hydrogen-bond acceptors (Lipinski definition) is 3. The van der Waals surface area contributed by atoms with Gasteiger partial charge in [0.2, 0.25) is 5.91 Å². The minimum absolute atomic E-state index is 0.0104. The van der Waals surface area contributed by atoms with E-state index in [2.05, 4.69) is 5.32 Å². The molecule has 20 heavy (non-hydrogen) atoms. The minimum Gasteiger partial charge on any atom is -0.396 e. The van der Waals surface area contributed by atoms with E-state index >= 15 is 0 Å². The quantitative estimate of drug-likeness (QED) is 0.840. The van der Waals surface area contributed by atoms with Gasteiger partial charge in [-0.1, -0.05) is 12.1 Å². The molecular weight excluding hydrogens is 254 g/mol. The number of nitrogens with one attached hydrogen (secondary N) is 1. The molecule has 0 spiro atoms. The molecule has 1 unspecified atom stereocenters. The third-order valence-corrected chi connectivity index (χ3v) is 3.52. The number of hydrogen-bond donors (Lipinski definition) is 2. The molecule has 1 aliphatic heterocycles. The molecule has 110 valence electrons. The largest absolute Gasteiger partial charge is 0.396 e. The Bertz CT molecular complexity index is 427. The summed E-state index contributed by atoms with van der Waals surface area (Å²) in [4.78, 5) is 12.0. The van der Waals surface area contributed by atoms with E-state index < -0.39 is 0 Å². The molecule has 1 aliphatic rings. The van der Waals surface area contributed by atoms with Gasteiger partial charge in [-0.2, -0.15) is 0 Å². The van der Waals surface area contributed by atoms with Crippen LogP contribution in [0.1, 0.15) is 37.7 Å². The van der Waals surface area contributed by atoms with Crippen LogP contribution in [0.5, 0.6) is 0 Å². The average molecular weight is 277 g/mol. The molecule has 2 rings (SSSR count). The van der Waals surface area contributed by atoms with Crippen molar-refractivity contribution in [3.63, 3.8) is 0 Å². The lowest BCUT2D eigenvalue weighted by Gasteiger charge is -2.22. The van der Waals surface area contributed by atoms with Crippen LogP contribution in [0.4, 0.5) is 5.69 Å². The number of amides is 1. The number of aryl methyl sites for hydroxylation is 1. The van der Waals surface area contributed by atoms with Crippen LogP contribution in [-0.2, 0) is 16.0 Å². The van der Waals surface area contributed by atoms with Crippen molar-refractivity contribution in [3.05, 3.63) is 29.8 Å². The standard InChI is InChI=1S/C16H23NO3/c18-9-4-6-13-5-3-7-14(11-13)17-16(19)12-15-8-1-2-10-20-15/h3,5,7,11,15,18H,1-2,4,6,8-10,12H2,(H,17,19). The summed E-state index contributed by atoms with van der Waals surface area (Å²) in [5.41, 5.74) is 1.95. The van der Waals surface area contributed by atoms with Gasteiger partial charge < -0.3 is 15.2 Å². The summed E-state index contributed by atoms with van der Waals surface area (Å²) in [7, 11) is 0. The van der Waals surface area contributed by atoms with E-state index in [9.17, 15) is 4.79 Å². The van der Waals surface area contributed by atoms with E-state index in [-0.39, 0.29) is 18.6 Å². The molecule has 1 amide bonds. The number of rotatable bonds is 6. The highest BCUT2D eigenvalue weighted by Crippen LogP contribution is 2.17. The average Bonchev–Trinajstić information content (AvgIpc) is 2.46. The highest BCUT2D eigenvalue weighted by atomic mass is 16.5. The second kappa shape index (κ2) is 8.02. The molecule has 1 atom stereocenters. The fraction of sp³-hybridized carbons (Fsp3) is 0.562. The Labute approximate surface area is 120 Å². The van der Waals surface area contributed by atoms with Crippen molar-refractivity contribution >= 4 is 11.6 Å². The molecule has 0 radical (unpaired) electrons. The first kappa shape index (κ1) is 15.0. The molecule has 2 N–H and O–H groups in total. The minimum atomic E-state index is 0.0104. The third kappa shape index (κ3) is 4.94. The SMILES string of the molecule is O=C(CC1CCCCO1)Nc1cccc(CCCO)c1. The van der Waals surface area contributed by atoms with E-state index in [1.807, 2.05) is 24.3 Å².